The highest BCUT2D eigenvalue weighted by atomic mass is 32.2. The summed E-state index contributed by atoms with van der Waals surface area (Å²) >= 11 is 3.20. The fourth-order valence-electron chi connectivity index (χ4n) is 3.47. The van der Waals surface area contributed by atoms with Crippen LogP contribution in [-0.2, 0) is 11.3 Å². The van der Waals surface area contributed by atoms with Gasteiger partial charge < -0.3 is 10.2 Å². The van der Waals surface area contributed by atoms with Gasteiger partial charge in [0.15, 0.2) is 10.3 Å². The van der Waals surface area contributed by atoms with E-state index in [0.717, 1.165) is 37.0 Å². The Bertz CT molecular complexity index is 714. The van der Waals surface area contributed by atoms with Crippen molar-refractivity contribution in [3.63, 3.8) is 0 Å². The van der Waals surface area contributed by atoms with Crippen LogP contribution in [0.1, 0.15) is 37.5 Å². The predicted molar refractivity (Wildman–Crippen MR) is 104 cm³/mol. The Balaban J connectivity index is 1.30. The number of amidine groups is 1. The predicted octanol–water partition coefficient (Wildman–Crippen LogP) is 3.11. The number of amides is 1. The monoisotopic (exact) mass is 377 g/mol. The quantitative estimate of drug-likeness (QED) is 0.854. The first kappa shape index (κ1) is 17.1. The van der Waals surface area contributed by atoms with E-state index in [1.54, 1.807) is 23.1 Å². The second-order valence-electron chi connectivity index (χ2n) is 6.71. The van der Waals surface area contributed by atoms with Crippen LogP contribution in [-0.4, -0.2) is 51.5 Å². The summed E-state index contributed by atoms with van der Waals surface area (Å²) in [5, 5.41) is 6.70. The molecule has 6 nitrogen and oxygen atoms in total. The van der Waals surface area contributed by atoms with E-state index in [2.05, 4.69) is 32.0 Å². The maximum Gasteiger partial charge on any atom is 0.232 e. The van der Waals surface area contributed by atoms with Gasteiger partial charge in [0.1, 0.15) is 0 Å². The van der Waals surface area contributed by atoms with Gasteiger partial charge in [-0.2, -0.15) is 0 Å². The first-order valence-electron chi connectivity index (χ1n) is 8.85. The normalized spacial score (nSPS) is 23.4. The minimum absolute atomic E-state index is 0.00718. The molecule has 134 valence electrons. The van der Waals surface area contributed by atoms with Gasteiger partial charge in [-0.15, -0.1) is 11.3 Å². The fourth-order valence-corrected chi connectivity index (χ4v) is 5.28. The van der Waals surface area contributed by atoms with E-state index in [4.69, 9.17) is 0 Å². The highest BCUT2D eigenvalue weighted by molar-refractivity contribution is 8.16. The van der Waals surface area contributed by atoms with E-state index in [0.29, 0.717) is 17.6 Å². The summed E-state index contributed by atoms with van der Waals surface area (Å²) in [5.74, 6) is -0.00718. The van der Waals surface area contributed by atoms with Crippen molar-refractivity contribution in [3.05, 3.63) is 22.2 Å². The Morgan fingerprint density at radius 3 is 3.20 bits per heavy atom. The largest absolute Gasteiger partial charge is 0.322 e. The van der Waals surface area contributed by atoms with Crippen molar-refractivity contribution in [2.75, 3.05) is 25.0 Å². The zero-order chi connectivity index (χ0) is 17.2. The van der Waals surface area contributed by atoms with Gasteiger partial charge in [0, 0.05) is 35.9 Å². The maximum absolute atomic E-state index is 12.3. The third kappa shape index (κ3) is 3.91. The van der Waals surface area contributed by atoms with E-state index in [1.807, 2.05) is 11.6 Å². The van der Waals surface area contributed by atoms with Gasteiger partial charge in [0.2, 0.25) is 5.91 Å². The summed E-state index contributed by atoms with van der Waals surface area (Å²) in [6.07, 6.45) is 6.17. The standard InChI is InChI=1S/C17H23N5OS2/c1-12-4-2-3-6-21(12)10-14-9-19-16(25-14)20-15(23)8-13-11-24-17-18-5-7-22(13)17/h9,11-12H,2-8,10H2,1H3,(H,19,20,23). The molecule has 25 heavy (non-hydrogen) atoms. The first-order chi connectivity index (χ1) is 12.2. The molecule has 0 radical (unpaired) electrons. The van der Waals surface area contributed by atoms with Crippen LogP contribution in [0.15, 0.2) is 22.3 Å². The summed E-state index contributed by atoms with van der Waals surface area (Å²) in [6, 6.07) is 0.636. The molecule has 1 fully saturated rings. The molecule has 1 aromatic heterocycles. The number of aromatic nitrogens is 1. The number of piperidine rings is 1. The van der Waals surface area contributed by atoms with Crippen LogP contribution in [0.25, 0.3) is 0 Å². The van der Waals surface area contributed by atoms with Crippen molar-refractivity contribution < 1.29 is 4.79 Å². The SMILES string of the molecule is CC1CCCCN1Cc1cnc(NC(=O)CC2=CSC3=NCCN23)s1. The third-order valence-corrected chi connectivity index (χ3v) is 6.74. The molecule has 0 spiro atoms. The number of hydrogen-bond donors (Lipinski definition) is 1. The molecule has 1 amide bonds. The molecule has 1 aromatic rings. The Kier molecular flexibility index (Phi) is 5.10. The molecule has 3 aliphatic heterocycles. The van der Waals surface area contributed by atoms with Crippen molar-refractivity contribution in [1.82, 2.24) is 14.8 Å². The molecular formula is C17H23N5OS2. The molecule has 1 unspecified atom stereocenters. The van der Waals surface area contributed by atoms with E-state index >= 15 is 0 Å². The van der Waals surface area contributed by atoms with E-state index < -0.39 is 0 Å². The Morgan fingerprint density at radius 2 is 2.32 bits per heavy atom. The number of likely N-dealkylation sites (tertiary alicyclic amines) is 1. The molecule has 3 aliphatic rings. The Morgan fingerprint density at radius 1 is 1.40 bits per heavy atom. The lowest BCUT2D eigenvalue weighted by Gasteiger charge is -2.32. The average Bonchev–Trinajstić information content (AvgIpc) is 3.29. The third-order valence-electron chi connectivity index (χ3n) is 4.89. The molecule has 4 heterocycles. The molecular weight excluding hydrogens is 354 g/mol. The number of rotatable bonds is 5. The highest BCUT2D eigenvalue weighted by Gasteiger charge is 2.27. The van der Waals surface area contributed by atoms with Crippen molar-refractivity contribution in [3.8, 4) is 0 Å². The topological polar surface area (TPSA) is 60.8 Å². The number of nitrogens with zero attached hydrogens (tertiary/aromatic N) is 4. The van der Waals surface area contributed by atoms with Crippen molar-refractivity contribution in [2.45, 2.75) is 45.2 Å². The molecule has 0 bridgehead atoms. The number of fused-ring (bicyclic) bond motifs is 1. The summed E-state index contributed by atoms with van der Waals surface area (Å²) in [7, 11) is 0. The van der Waals surface area contributed by atoms with Crippen LogP contribution in [0, 0.1) is 0 Å². The van der Waals surface area contributed by atoms with Gasteiger partial charge in [-0.05, 0) is 31.7 Å². The molecule has 1 saturated heterocycles. The first-order valence-corrected chi connectivity index (χ1v) is 10.5. The van der Waals surface area contributed by atoms with Crippen LogP contribution in [0.5, 0.6) is 0 Å². The zero-order valence-electron chi connectivity index (χ0n) is 14.4. The Labute approximate surface area is 156 Å². The van der Waals surface area contributed by atoms with Crippen LogP contribution < -0.4 is 5.32 Å². The fraction of sp³-hybridized carbons (Fsp3) is 0.588. The van der Waals surface area contributed by atoms with Gasteiger partial charge in [0.25, 0.3) is 0 Å². The number of thioether (sulfide) groups is 1. The number of carbonyl (C=O) groups is 1. The van der Waals surface area contributed by atoms with Crippen LogP contribution in [0.2, 0.25) is 0 Å². The summed E-state index contributed by atoms with van der Waals surface area (Å²) in [4.78, 5) is 27.0. The molecule has 8 heteroatoms. The van der Waals surface area contributed by atoms with Gasteiger partial charge in [-0.25, -0.2) is 4.98 Å². The molecule has 4 rings (SSSR count). The number of thiazole rings is 1. The second kappa shape index (κ2) is 7.47. The molecule has 0 aromatic carbocycles. The molecule has 1 atom stereocenters. The van der Waals surface area contributed by atoms with Gasteiger partial charge in [-0.3, -0.25) is 14.7 Å². The van der Waals surface area contributed by atoms with Crippen molar-refractivity contribution in [1.29, 1.82) is 0 Å². The lowest BCUT2D eigenvalue weighted by atomic mass is 10.0. The lowest BCUT2D eigenvalue weighted by molar-refractivity contribution is -0.115. The number of anilines is 1. The maximum atomic E-state index is 12.3. The number of carbonyl (C=O) groups excluding carboxylic acids is 1. The van der Waals surface area contributed by atoms with Gasteiger partial charge >= 0.3 is 0 Å². The molecule has 1 N–H and O–H groups in total. The van der Waals surface area contributed by atoms with Crippen LogP contribution >= 0.6 is 23.1 Å². The summed E-state index contributed by atoms with van der Waals surface area (Å²) in [5.41, 5.74) is 1.04. The summed E-state index contributed by atoms with van der Waals surface area (Å²) < 4.78 is 0. The minimum Gasteiger partial charge on any atom is -0.322 e. The Hall–Kier alpha value is -1.38. The molecule has 0 aliphatic carbocycles. The smallest absolute Gasteiger partial charge is 0.232 e. The second-order valence-corrected chi connectivity index (χ2v) is 8.67. The van der Waals surface area contributed by atoms with Crippen LogP contribution in [0.4, 0.5) is 5.13 Å². The highest BCUT2D eigenvalue weighted by Crippen LogP contribution is 2.31. The van der Waals surface area contributed by atoms with Gasteiger partial charge in [0.05, 0.1) is 13.0 Å². The average molecular weight is 378 g/mol. The van der Waals surface area contributed by atoms with E-state index in [-0.39, 0.29) is 5.91 Å². The van der Waals surface area contributed by atoms with E-state index in [1.165, 1.54) is 24.1 Å². The molecule has 0 saturated carbocycles. The van der Waals surface area contributed by atoms with Crippen molar-refractivity contribution in [2.24, 2.45) is 4.99 Å². The number of nitrogens with one attached hydrogen (secondary N) is 1. The minimum atomic E-state index is -0.00718. The zero-order valence-corrected chi connectivity index (χ0v) is 16.0. The van der Waals surface area contributed by atoms with Crippen LogP contribution in [0.3, 0.4) is 0 Å². The number of aliphatic imine (C=N–C) groups is 1. The van der Waals surface area contributed by atoms with E-state index in [9.17, 15) is 4.79 Å². The van der Waals surface area contributed by atoms with Crippen molar-refractivity contribution >= 4 is 39.3 Å². The number of hydrogen-bond acceptors (Lipinski definition) is 7. The summed E-state index contributed by atoms with van der Waals surface area (Å²) in [6.45, 7) is 6.10. The lowest BCUT2D eigenvalue weighted by Crippen LogP contribution is -2.36. The van der Waals surface area contributed by atoms with Gasteiger partial charge in [-0.1, -0.05) is 18.2 Å².